The van der Waals surface area contributed by atoms with E-state index in [1.165, 1.54) is 0 Å². The monoisotopic (exact) mass is 249 g/mol. The smallest absolute Gasteiger partial charge is 0.223 e. The Morgan fingerprint density at radius 2 is 2.25 bits per heavy atom. The van der Waals surface area contributed by atoms with Crippen LogP contribution < -0.4 is 5.32 Å². The fourth-order valence-corrected chi connectivity index (χ4v) is 1.96. The van der Waals surface area contributed by atoms with Gasteiger partial charge in [-0.15, -0.1) is 11.6 Å². The molecule has 1 N–H and O–H groups in total. The lowest BCUT2D eigenvalue weighted by molar-refractivity contribution is -0.127. The molecule has 1 aliphatic heterocycles. The van der Waals surface area contributed by atoms with Gasteiger partial charge in [0.15, 0.2) is 0 Å². The van der Waals surface area contributed by atoms with E-state index in [4.69, 9.17) is 21.1 Å². The summed E-state index contributed by atoms with van der Waals surface area (Å²) < 4.78 is 10.1. The van der Waals surface area contributed by atoms with Crippen LogP contribution in [0.15, 0.2) is 0 Å². The summed E-state index contributed by atoms with van der Waals surface area (Å²) in [5.41, 5.74) is 0. The van der Waals surface area contributed by atoms with E-state index in [1.807, 2.05) is 0 Å². The van der Waals surface area contributed by atoms with Crippen LogP contribution >= 0.6 is 11.6 Å². The van der Waals surface area contributed by atoms with E-state index in [1.54, 1.807) is 7.11 Å². The normalized spacial score (nSPS) is 19.4. The standard InChI is InChI=1S/C11H20ClNO3/c1-15-8-10(12)2-5-13-11(14)9-3-6-16-7-4-9/h9-10H,2-8H2,1H3,(H,13,14). The molecule has 0 spiro atoms. The minimum atomic E-state index is -0.0278. The quantitative estimate of drug-likeness (QED) is 0.719. The van der Waals surface area contributed by atoms with Crippen molar-refractivity contribution in [3.05, 3.63) is 0 Å². The number of rotatable bonds is 6. The topological polar surface area (TPSA) is 47.6 Å². The molecule has 0 aromatic rings. The van der Waals surface area contributed by atoms with E-state index in [-0.39, 0.29) is 17.2 Å². The van der Waals surface area contributed by atoms with Crippen LogP contribution in [0.5, 0.6) is 0 Å². The summed E-state index contributed by atoms with van der Waals surface area (Å²) >= 11 is 5.95. The molecule has 94 valence electrons. The number of ether oxygens (including phenoxy) is 2. The lowest BCUT2D eigenvalue weighted by Crippen LogP contribution is -2.35. The van der Waals surface area contributed by atoms with Gasteiger partial charge in [0.05, 0.1) is 12.0 Å². The molecule has 16 heavy (non-hydrogen) atoms. The van der Waals surface area contributed by atoms with Gasteiger partial charge < -0.3 is 14.8 Å². The number of amides is 1. The Hall–Kier alpha value is -0.320. The highest BCUT2D eigenvalue weighted by atomic mass is 35.5. The molecule has 0 saturated carbocycles. The third-order valence-corrected chi connectivity index (χ3v) is 3.04. The van der Waals surface area contributed by atoms with Crippen LogP contribution in [-0.2, 0) is 14.3 Å². The number of halogens is 1. The predicted molar refractivity (Wildman–Crippen MR) is 62.7 cm³/mol. The molecule has 1 aliphatic rings. The summed E-state index contributed by atoms with van der Waals surface area (Å²) in [7, 11) is 1.62. The molecule has 1 saturated heterocycles. The highest BCUT2D eigenvalue weighted by Gasteiger charge is 2.21. The van der Waals surface area contributed by atoms with E-state index < -0.39 is 0 Å². The van der Waals surface area contributed by atoms with Crippen molar-refractivity contribution in [2.75, 3.05) is 33.5 Å². The molecule has 1 atom stereocenters. The molecule has 5 heteroatoms. The lowest BCUT2D eigenvalue weighted by atomic mass is 9.99. The summed E-state index contributed by atoms with van der Waals surface area (Å²) in [5.74, 6) is 0.245. The van der Waals surface area contributed by atoms with Crippen molar-refractivity contribution in [1.82, 2.24) is 5.32 Å². The van der Waals surface area contributed by atoms with Gasteiger partial charge in [0, 0.05) is 32.8 Å². The molecule has 0 radical (unpaired) electrons. The first-order chi connectivity index (χ1) is 7.74. The summed E-state index contributed by atoms with van der Waals surface area (Å²) in [6.07, 6.45) is 2.40. The van der Waals surface area contributed by atoms with Gasteiger partial charge in [-0.3, -0.25) is 4.79 Å². The first-order valence-electron chi connectivity index (χ1n) is 5.72. The molecule has 1 rings (SSSR count). The molecule has 1 amide bonds. The fourth-order valence-electron chi connectivity index (χ4n) is 1.72. The number of alkyl halides is 1. The van der Waals surface area contributed by atoms with Crippen molar-refractivity contribution in [3.8, 4) is 0 Å². The van der Waals surface area contributed by atoms with Crippen LogP contribution in [0.4, 0.5) is 0 Å². The molecular weight excluding hydrogens is 230 g/mol. The van der Waals surface area contributed by atoms with Crippen LogP contribution in [0.1, 0.15) is 19.3 Å². The zero-order valence-electron chi connectivity index (χ0n) is 9.71. The molecule has 4 nitrogen and oxygen atoms in total. The number of hydrogen-bond donors (Lipinski definition) is 1. The van der Waals surface area contributed by atoms with Crippen molar-refractivity contribution >= 4 is 17.5 Å². The highest BCUT2D eigenvalue weighted by molar-refractivity contribution is 6.20. The van der Waals surface area contributed by atoms with E-state index in [0.717, 1.165) is 19.3 Å². The van der Waals surface area contributed by atoms with Gasteiger partial charge in [-0.05, 0) is 19.3 Å². The first kappa shape index (κ1) is 13.7. The maximum atomic E-state index is 11.7. The SMILES string of the molecule is COCC(Cl)CCNC(=O)C1CCOCC1. The Labute approximate surface area is 102 Å². The Bertz CT molecular complexity index is 207. The zero-order chi connectivity index (χ0) is 11.8. The molecule has 0 bridgehead atoms. The van der Waals surface area contributed by atoms with Crippen LogP contribution in [0.25, 0.3) is 0 Å². The molecule has 1 unspecified atom stereocenters. The van der Waals surface area contributed by atoms with Crippen LogP contribution in [-0.4, -0.2) is 44.8 Å². The Kier molecular flexibility index (Phi) is 6.76. The average molecular weight is 250 g/mol. The average Bonchev–Trinajstić information content (AvgIpc) is 2.30. The summed E-state index contributed by atoms with van der Waals surface area (Å²) in [4.78, 5) is 11.7. The minimum Gasteiger partial charge on any atom is -0.383 e. The van der Waals surface area contributed by atoms with E-state index >= 15 is 0 Å². The third kappa shape index (κ3) is 5.14. The summed E-state index contributed by atoms with van der Waals surface area (Å²) in [6, 6.07) is 0. The van der Waals surface area contributed by atoms with Gasteiger partial charge in [0.25, 0.3) is 0 Å². The van der Waals surface area contributed by atoms with Gasteiger partial charge in [-0.2, -0.15) is 0 Å². The van der Waals surface area contributed by atoms with Gasteiger partial charge in [-0.1, -0.05) is 0 Å². The van der Waals surface area contributed by atoms with E-state index in [9.17, 15) is 4.79 Å². The number of carbonyl (C=O) groups excluding carboxylic acids is 1. The van der Waals surface area contributed by atoms with Crippen molar-refractivity contribution in [1.29, 1.82) is 0 Å². The maximum absolute atomic E-state index is 11.7. The first-order valence-corrected chi connectivity index (χ1v) is 6.16. The second-order valence-electron chi connectivity index (χ2n) is 4.02. The second-order valence-corrected chi connectivity index (χ2v) is 4.64. The number of hydrogen-bond acceptors (Lipinski definition) is 3. The van der Waals surface area contributed by atoms with Gasteiger partial charge in [-0.25, -0.2) is 0 Å². The van der Waals surface area contributed by atoms with Gasteiger partial charge in [0.1, 0.15) is 0 Å². The summed E-state index contributed by atoms with van der Waals surface area (Å²) in [6.45, 7) is 2.53. The fraction of sp³-hybridized carbons (Fsp3) is 0.909. The van der Waals surface area contributed by atoms with Gasteiger partial charge in [0.2, 0.25) is 5.91 Å². The molecule has 0 aromatic heterocycles. The van der Waals surface area contributed by atoms with Crippen molar-refractivity contribution in [3.63, 3.8) is 0 Å². The lowest BCUT2D eigenvalue weighted by Gasteiger charge is -2.21. The largest absolute Gasteiger partial charge is 0.383 e. The number of nitrogens with one attached hydrogen (secondary N) is 1. The van der Waals surface area contributed by atoms with Crippen LogP contribution in [0.2, 0.25) is 0 Å². The van der Waals surface area contributed by atoms with Crippen LogP contribution in [0, 0.1) is 5.92 Å². The van der Waals surface area contributed by atoms with Crippen molar-refractivity contribution < 1.29 is 14.3 Å². The number of methoxy groups -OCH3 is 1. The maximum Gasteiger partial charge on any atom is 0.223 e. The molecular formula is C11H20ClNO3. The number of carbonyl (C=O) groups is 1. The van der Waals surface area contributed by atoms with Crippen molar-refractivity contribution in [2.45, 2.75) is 24.6 Å². The Balaban J connectivity index is 2.09. The molecule has 1 heterocycles. The predicted octanol–water partition coefficient (Wildman–Crippen LogP) is 1.17. The minimum absolute atomic E-state index is 0.0278. The van der Waals surface area contributed by atoms with Gasteiger partial charge >= 0.3 is 0 Å². The zero-order valence-corrected chi connectivity index (χ0v) is 10.5. The molecule has 0 aromatic carbocycles. The summed E-state index contributed by atoms with van der Waals surface area (Å²) in [5, 5.41) is 2.88. The van der Waals surface area contributed by atoms with E-state index in [2.05, 4.69) is 5.32 Å². The molecule has 1 fully saturated rings. The van der Waals surface area contributed by atoms with Crippen LogP contribution in [0.3, 0.4) is 0 Å². The highest BCUT2D eigenvalue weighted by Crippen LogP contribution is 2.14. The molecule has 0 aliphatic carbocycles. The van der Waals surface area contributed by atoms with Crippen molar-refractivity contribution in [2.24, 2.45) is 5.92 Å². The Morgan fingerprint density at radius 1 is 1.56 bits per heavy atom. The second kappa shape index (κ2) is 7.87. The third-order valence-electron chi connectivity index (χ3n) is 2.70. The Morgan fingerprint density at radius 3 is 2.88 bits per heavy atom. The van der Waals surface area contributed by atoms with E-state index in [0.29, 0.717) is 26.4 Å².